The van der Waals surface area contributed by atoms with Crippen molar-refractivity contribution in [3.63, 3.8) is 0 Å². The summed E-state index contributed by atoms with van der Waals surface area (Å²) in [5, 5.41) is 2.45. The van der Waals surface area contributed by atoms with Gasteiger partial charge in [0.2, 0.25) is 5.91 Å². The SMILES string of the molecule is O=C1NC(=O)C2(N3Cc4cc(O[C@H]5CCC[C@H]5N5CC[C@@H](c6ccccc6)C5)ccc4C3=O)CC1C2. The molecule has 7 heteroatoms. The summed E-state index contributed by atoms with van der Waals surface area (Å²) in [6, 6.07) is 17.0. The fourth-order valence-electron chi connectivity index (χ4n) is 7.24. The van der Waals surface area contributed by atoms with E-state index in [0.29, 0.717) is 36.9 Å². The lowest BCUT2D eigenvalue weighted by Crippen LogP contribution is -2.73. The van der Waals surface area contributed by atoms with Crippen LogP contribution in [0.15, 0.2) is 48.5 Å². The van der Waals surface area contributed by atoms with E-state index in [4.69, 9.17) is 4.74 Å². The van der Waals surface area contributed by atoms with Crippen molar-refractivity contribution in [2.75, 3.05) is 13.1 Å². The Morgan fingerprint density at radius 1 is 0.944 bits per heavy atom. The van der Waals surface area contributed by atoms with Gasteiger partial charge in [-0.05, 0) is 80.3 Å². The van der Waals surface area contributed by atoms with Crippen LogP contribution in [0.25, 0.3) is 0 Å². The van der Waals surface area contributed by atoms with Crippen molar-refractivity contribution in [1.29, 1.82) is 0 Å². The second-order valence-corrected chi connectivity index (χ2v) is 11.2. The lowest BCUT2D eigenvalue weighted by Gasteiger charge is -2.53. The predicted octanol–water partition coefficient (Wildman–Crippen LogP) is 3.24. The fourth-order valence-corrected chi connectivity index (χ4v) is 7.24. The van der Waals surface area contributed by atoms with Crippen LogP contribution < -0.4 is 10.1 Å². The van der Waals surface area contributed by atoms with Crippen molar-refractivity contribution in [3.8, 4) is 5.75 Å². The highest BCUT2D eigenvalue weighted by Crippen LogP contribution is 2.49. The average Bonchev–Trinajstić information content (AvgIpc) is 3.58. The highest BCUT2D eigenvalue weighted by molar-refractivity contribution is 6.10. The highest BCUT2D eigenvalue weighted by Gasteiger charge is 2.63. The number of hydrogen-bond acceptors (Lipinski definition) is 5. The molecule has 3 saturated heterocycles. The van der Waals surface area contributed by atoms with Gasteiger partial charge in [0, 0.05) is 30.6 Å². The molecule has 8 rings (SSSR count). The lowest BCUT2D eigenvalue weighted by atomic mass is 9.63. The van der Waals surface area contributed by atoms with E-state index in [9.17, 15) is 14.4 Å². The van der Waals surface area contributed by atoms with Gasteiger partial charge in [-0.3, -0.25) is 24.6 Å². The number of rotatable bonds is 5. The van der Waals surface area contributed by atoms with Gasteiger partial charge in [0.1, 0.15) is 17.4 Å². The third kappa shape index (κ3) is 3.32. The molecule has 36 heavy (non-hydrogen) atoms. The normalized spacial score (nSPS) is 33.4. The number of piperidine rings is 2. The second-order valence-electron chi connectivity index (χ2n) is 11.2. The van der Waals surface area contributed by atoms with Crippen molar-refractivity contribution < 1.29 is 19.1 Å². The number of hydrogen-bond donors (Lipinski definition) is 1. The number of carbonyl (C=O) groups is 3. The third-order valence-electron chi connectivity index (χ3n) is 9.26. The van der Waals surface area contributed by atoms with E-state index in [1.165, 1.54) is 12.0 Å². The van der Waals surface area contributed by atoms with E-state index in [2.05, 4.69) is 40.5 Å². The Morgan fingerprint density at radius 3 is 2.58 bits per heavy atom. The molecule has 2 bridgehead atoms. The molecule has 2 aromatic carbocycles. The molecular weight excluding hydrogens is 454 g/mol. The minimum Gasteiger partial charge on any atom is -0.489 e. The minimum atomic E-state index is -0.878. The number of benzene rings is 2. The van der Waals surface area contributed by atoms with E-state index >= 15 is 0 Å². The quantitative estimate of drug-likeness (QED) is 0.658. The molecule has 3 amide bonds. The first-order valence-electron chi connectivity index (χ1n) is 13.3. The van der Waals surface area contributed by atoms with Crippen LogP contribution in [0.2, 0.25) is 0 Å². The molecule has 1 N–H and O–H groups in total. The van der Waals surface area contributed by atoms with Crippen LogP contribution in [0.5, 0.6) is 5.75 Å². The summed E-state index contributed by atoms with van der Waals surface area (Å²) in [5.41, 5.74) is 2.09. The van der Waals surface area contributed by atoms with Crippen LogP contribution in [0.1, 0.15) is 65.9 Å². The van der Waals surface area contributed by atoms with Crippen LogP contribution in [0, 0.1) is 5.92 Å². The topological polar surface area (TPSA) is 79.0 Å². The van der Waals surface area contributed by atoms with Crippen LogP contribution in [0.4, 0.5) is 0 Å². The number of fused-ring (bicyclic) bond motifs is 3. The molecule has 186 valence electrons. The number of imide groups is 1. The Morgan fingerprint density at radius 2 is 1.78 bits per heavy atom. The number of nitrogens with zero attached hydrogens (tertiary/aromatic N) is 2. The van der Waals surface area contributed by atoms with Crippen molar-refractivity contribution in [2.45, 2.75) is 68.7 Å². The van der Waals surface area contributed by atoms with Gasteiger partial charge in [-0.1, -0.05) is 30.3 Å². The van der Waals surface area contributed by atoms with Gasteiger partial charge >= 0.3 is 0 Å². The largest absolute Gasteiger partial charge is 0.489 e. The Labute approximate surface area is 210 Å². The van der Waals surface area contributed by atoms with E-state index in [1.54, 1.807) is 4.90 Å². The van der Waals surface area contributed by atoms with Crippen LogP contribution in [0.3, 0.4) is 0 Å². The lowest BCUT2D eigenvalue weighted by molar-refractivity contribution is -0.160. The first kappa shape index (κ1) is 22.0. The molecule has 0 unspecified atom stereocenters. The summed E-state index contributed by atoms with van der Waals surface area (Å²) in [4.78, 5) is 42.0. The van der Waals surface area contributed by atoms with E-state index in [-0.39, 0.29) is 29.7 Å². The molecule has 4 aliphatic heterocycles. The van der Waals surface area contributed by atoms with Crippen molar-refractivity contribution in [1.82, 2.24) is 15.1 Å². The van der Waals surface area contributed by atoms with Gasteiger partial charge in [0.05, 0.1) is 0 Å². The van der Waals surface area contributed by atoms with Crippen molar-refractivity contribution in [3.05, 3.63) is 65.2 Å². The summed E-state index contributed by atoms with van der Waals surface area (Å²) >= 11 is 0. The monoisotopic (exact) mass is 485 g/mol. The summed E-state index contributed by atoms with van der Waals surface area (Å²) in [6.07, 6.45) is 5.56. The van der Waals surface area contributed by atoms with Gasteiger partial charge in [0.25, 0.3) is 11.8 Å². The highest BCUT2D eigenvalue weighted by atomic mass is 16.5. The van der Waals surface area contributed by atoms with Crippen LogP contribution >= 0.6 is 0 Å². The molecule has 6 aliphatic rings. The number of nitrogens with one attached hydrogen (secondary N) is 1. The number of amides is 3. The Bertz CT molecular complexity index is 1240. The molecule has 7 nitrogen and oxygen atoms in total. The van der Waals surface area contributed by atoms with Crippen molar-refractivity contribution >= 4 is 17.7 Å². The third-order valence-corrected chi connectivity index (χ3v) is 9.26. The predicted molar refractivity (Wildman–Crippen MR) is 132 cm³/mol. The molecule has 2 saturated carbocycles. The standard InChI is InChI=1S/C29H31N3O4/c33-26-21-14-29(15-21,28(35)30-26)32-17-20-13-22(9-10-23(20)27(32)34)36-25-8-4-7-24(25)31-12-11-19(16-31)18-5-2-1-3-6-18/h1-3,5-6,9-10,13,19,21,24-25H,4,7-8,11-12,14-17H2,(H,30,33,35)/t19-,21?,24-,25+,29?/m1/s1. The van der Waals surface area contributed by atoms with E-state index in [1.807, 2.05) is 18.2 Å². The number of likely N-dealkylation sites (tertiary alicyclic amines) is 1. The van der Waals surface area contributed by atoms with E-state index in [0.717, 1.165) is 43.7 Å². The summed E-state index contributed by atoms with van der Waals surface area (Å²) in [7, 11) is 0. The second kappa shape index (κ2) is 8.17. The Balaban J connectivity index is 1.04. The Hall–Kier alpha value is -3.19. The first-order valence-corrected chi connectivity index (χ1v) is 13.3. The molecule has 3 atom stereocenters. The molecule has 5 fully saturated rings. The van der Waals surface area contributed by atoms with Gasteiger partial charge in [-0.25, -0.2) is 0 Å². The molecule has 4 heterocycles. The summed E-state index contributed by atoms with van der Waals surface area (Å²) in [6.45, 7) is 2.57. The zero-order valence-electron chi connectivity index (χ0n) is 20.3. The minimum absolute atomic E-state index is 0.123. The number of carbonyl (C=O) groups excluding carboxylic acids is 3. The smallest absolute Gasteiger partial charge is 0.255 e. The first-order chi connectivity index (χ1) is 17.5. The molecule has 0 aromatic heterocycles. The van der Waals surface area contributed by atoms with Crippen LogP contribution in [-0.4, -0.2) is 58.3 Å². The molecule has 0 spiro atoms. The van der Waals surface area contributed by atoms with E-state index < -0.39 is 5.54 Å². The molecule has 2 aromatic rings. The van der Waals surface area contributed by atoms with Gasteiger partial charge in [0.15, 0.2) is 0 Å². The number of ether oxygens (including phenoxy) is 1. The zero-order chi connectivity index (χ0) is 24.4. The maximum atomic E-state index is 13.2. The fraction of sp³-hybridized carbons (Fsp3) is 0.483. The van der Waals surface area contributed by atoms with Gasteiger partial charge in [-0.2, -0.15) is 0 Å². The molecule has 0 radical (unpaired) electrons. The average molecular weight is 486 g/mol. The maximum Gasteiger partial charge on any atom is 0.255 e. The Kier molecular flexibility index (Phi) is 5.00. The summed E-state index contributed by atoms with van der Waals surface area (Å²) in [5.74, 6) is 0.557. The summed E-state index contributed by atoms with van der Waals surface area (Å²) < 4.78 is 6.56. The van der Waals surface area contributed by atoms with Crippen LogP contribution in [-0.2, 0) is 16.1 Å². The van der Waals surface area contributed by atoms with Gasteiger partial charge < -0.3 is 9.64 Å². The zero-order valence-corrected chi connectivity index (χ0v) is 20.3. The van der Waals surface area contributed by atoms with Crippen molar-refractivity contribution in [2.24, 2.45) is 5.92 Å². The maximum absolute atomic E-state index is 13.2. The molecular formula is C29H31N3O4. The van der Waals surface area contributed by atoms with Gasteiger partial charge in [-0.15, -0.1) is 0 Å². The molecule has 2 aliphatic carbocycles.